The molecular weight excluding hydrogens is 487 g/mol. The zero-order chi connectivity index (χ0) is 27.0. The van der Waals surface area contributed by atoms with E-state index < -0.39 is 14.1 Å². The molecule has 0 saturated carbocycles. The Morgan fingerprint density at radius 3 is 2.70 bits per heavy atom. The van der Waals surface area contributed by atoms with Crippen LogP contribution in [0.15, 0.2) is 36.7 Å². The molecule has 0 amide bonds. The van der Waals surface area contributed by atoms with Gasteiger partial charge in [0.1, 0.15) is 17.5 Å². The van der Waals surface area contributed by atoms with E-state index in [4.69, 9.17) is 9.16 Å². The molecule has 0 spiro atoms. The second kappa shape index (κ2) is 9.72. The molecule has 0 fully saturated rings. The molecule has 1 atom stereocenters. The highest BCUT2D eigenvalue weighted by Crippen LogP contribution is 2.44. The van der Waals surface area contributed by atoms with Crippen molar-refractivity contribution in [2.45, 2.75) is 51.2 Å². The lowest BCUT2D eigenvalue weighted by Crippen LogP contribution is -2.45. The number of aromatic nitrogens is 3. The largest absolute Gasteiger partial charge is 0.480 e. The maximum absolute atomic E-state index is 15.0. The lowest BCUT2D eigenvalue weighted by atomic mass is 9.83. The van der Waals surface area contributed by atoms with E-state index in [2.05, 4.69) is 72.4 Å². The quantitative estimate of drug-likeness (QED) is 0.365. The van der Waals surface area contributed by atoms with E-state index in [9.17, 15) is 5.26 Å². The van der Waals surface area contributed by atoms with E-state index in [1.54, 1.807) is 24.4 Å². The van der Waals surface area contributed by atoms with Gasteiger partial charge in [0.05, 0.1) is 24.6 Å². The van der Waals surface area contributed by atoms with E-state index >= 15 is 4.39 Å². The number of rotatable bonds is 7. The number of anilines is 3. The van der Waals surface area contributed by atoms with Gasteiger partial charge < -0.3 is 19.8 Å². The van der Waals surface area contributed by atoms with Crippen LogP contribution in [0.1, 0.15) is 38.8 Å². The second-order valence-corrected chi connectivity index (χ2v) is 15.9. The molecule has 10 heteroatoms. The number of hydrogen-bond donors (Lipinski definition) is 2. The number of nitriles is 1. The van der Waals surface area contributed by atoms with Gasteiger partial charge in [-0.3, -0.25) is 0 Å². The topological polar surface area (TPSA) is 105 Å². The van der Waals surface area contributed by atoms with Crippen LogP contribution in [0, 0.1) is 17.1 Å². The minimum atomic E-state index is -2.00. The summed E-state index contributed by atoms with van der Waals surface area (Å²) < 4.78 is 26.9. The van der Waals surface area contributed by atoms with Crippen LogP contribution in [0.4, 0.5) is 21.7 Å². The summed E-state index contributed by atoms with van der Waals surface area (Å²) in [5, 5.41) is 16.4. The Kier molecular flexibility index (Phi) is 6.97. The van der Waals surface area contributed by atoms with Gasteiger partial charge in [0.15, 0.2) is 14.1 Å². The third kappa shape index (κ3) is 5.15. The number of fused-ring (bicyclic) bond motifs is 1. The van der Waals surface area contributed by atoms with E-state index in [-0.39, 0.29) is 22.1 Å². The summed E-state index contributed by atoms with van der Waals surface area (Å²) in [6.45, 7) is 14.3. The van der Waals surface area contributed by atoms with Gasteiger partial charge in [0.25, 0.3) is 0 Å². The molecule has 4 rings (SSSR count). The summed E-state index contributed by atoms with van der Waals surface area (Å²) in [6, 6.07) is 9.34. The van der Waals surface area contributed by atoms with Crippen LogP contribution in [0.2, 0.25) is 18.1 Å². The zero-order valence-corrected chi connectivity index (χ0v) is 23.4. The molecule has 1 aliphatic heterocycles. The van der Waals surface area contributed by atoms with Crippen molar-refractivity contribution in [1.82, 2.24) is 15.0 Å². The molecule has 3 aromatic rings. The third-order valence-corrected chi connectivity index (χ3v) is 11.8. The van der Waals surface area contributed by atoms with Gasteiger partial charge in [-0.1, -0.05) is 27.7 Å². The molecule has 3 heterocycles. The summed E-state index contributed by atoms with van der Waals surface area (Å²) in [5.74, 6) is -0.0357. The molecule has 2 aromatic heterocycles. The summed E-state index contributed by atoms with van der Waals surface area (Å²) in [4.78, 5) is 12.7. The average Bonchev–Trinajstić information content (AvgIpc) is 3.20. The molecule has 0 radical (unpaired) electrons. The van der Waals surface area contributed by atoms with Gasteiger partial charge in [-0.2, -0.15) is 5.26 Å². The first-order valence-corrected chi connectivity index (χ1v) is 15.0. The molecular formula is C27H33FN6O2Si. The monoisotopic (exact) mass is 520 g/mol. The van der Waals surface area contributed by atoms with E-state index in [0.29, 0.717) is 35.8 Å². The van der Waals surface area contributed by atoms with Crippen molar-refractivity contribution >= 4 is 25.6 Å². The Balaban J connectivity index is 1.72. The fraction of sp³-hybridized carbons (Fsp3) is 0.407. The molecule has 0 unspecified atom stereocenters. The Bertz CT molecular complexity index is 1370. The number of nitrogens with zero attached hydrogens (tertiary/aromatic N) is 4. The molecule has 194 valence electrons. The normalized spacial score (nSPS) is 17.1. The molecule has 1 aliphatic rings. The van der Waals surface area contributed by atoms with Crippen LogP contribution in [0.25, 0.3) is 11.3 Å². The smallest absolute Gasteiger partial charge is 0.237 e. The first-order valence-electron chi connectivity index (χ1n) is 12.1. The zero-order valence-electron chi connectivity index (χ0n) is 22.4. The van der Waals surface area contributed by atoms with Crippen molar-refractivity contribution in [3.8, 4) is 23.2 Å². The molecule has 0 bridgehead atoms. The number of ether oxygens (including phenoxy) is 1. The lowest BCUT2D eigenvalue weighted by molar-refractivity contribution is 0.220. The Labute approximate surface area is 218 Å². The molecule has 8 nitrogen and oxygen atoms in total. The fourth-order valence-electron chi connectivity index (χ4n) is 4.00. The van der Waals surface area contributed by atoms with Crippen LogP contribution in [0.3, 0.4) is 0 Å². The van der Waals surface area contributed by atoms with Crippen molar-refractivity contribution in [3.05, 3.63) is 53.6 Å². The van der Waals surface area contributed by atoms with Crippen LogP contribution in [-0.4, -0.2) is 43.5 Å². The first-order chi connectivity index (χ1) is 17.4. The molecule has 1 aromatic carbocycles. The van der Waals surface area contributed by atoms with Crippen molar-refractivity contribution in [3.63, 3.8) is 0 Å². The van der Waals surface area contributed by atoms with Gasteiger partial charge in [0, 0.05) is 30.3 Å². The number of methoxy groups -OCH3 is 1. The van der Waals surface area contributed by atoms with Crippen LogP contribution in [0.5, 0.6) is 5.88 Å². The van der Waals surface area contributed by atoms with Gasteiger partial charge >= 0.3 is 0 Å². The van der Waals surface area contributed by atoms with Gasteiger partial charge in [0.2, 0.25) is 11.8 Å². The number of nitrogens with one attached hydrogen (secondary N) is 2. The Morgan fingerprint density at radius 1 is 1.27 bits per heavy atom. The van der Waals surface area contributed by atoms with Crippen LogP contribution in [-0.2, 0) is 9.84 Å². The second-order valence-electron chi connectivity index (χ2n) is 11.1. The summed E-state index contributed by atoms with van der Waals surface area (Å²) in [6.07, 6.45) is 2.72. The lowest BCUT2D eigenvalue weighted by Gasteiger charge is -2.39. The van der Waals surface area contributed by atoms with Crippen LogP contribution >= 0.6 is 0 Å². The van der Waals surface area contributed by atoms with Gasteiger partial charge in [-0.05, 0) is 48.0 Å². The molecule has 37 heavy (non-hydrogen) atoms. The minimum Gasteiger partial charge on any atom is -0.480 e. The SMILES string of the molecule is COc1ncccc1Nc1ncc(F)c(-c2cc(C#N)c3c(c2)[C@@](C)(CO[Si](C)(C)C(C)(C)C)CN3)n1. The first kappa shape index (κ1) is 26.5. The highest BCUT2D eigenvalue weighted by Gasteiger charge is 2.42. The fourth-order valence-corrected chi connectivity index (χ4v) is 5.11. The average molecular weight is 521 g/mol. The van der Waals surface area contributed by atoms with Gasteiger partial charge in [-0.15, -0.1) is 0 Å². The number of hydrogen-bond acceptors (Lipinski definition) is 8. The summed E-state index contributed by atoms with van der Waals surface area (Å²) in [7, 11) is -0.486. The predicted molar refractivity (Wildman–Crippen MR) is 145 cm³/mol. The summed E-state index contributed by atoms with van der Waals surface area (Å²) >= 11 is 0. The standard InChI is InChI=1S/C27H33FN6O2Si/c1-26(2,3)37(6,7)36-16-27(4)15-32-22-18(13-29)11-17(12-19(22)27)23-20(28)14-31-25(34-23)33-21-9-8-10-30-24(21)35-5/h8-12,14,32H,15-16H2,1-7H3,(H,31,33,34)/t27-/m1/s1. The van der Waals surface area contributed by atoms with E-state index in [1.807, 2.05) is 6.07 Å². The Hall–Kier alpha value is -3.55. The highest BCUT2D eigenvalue weighted by atomic mass is 28.4. The van der Waals surface area contributed by atoms with E-state index in [0.717, 1.165) is 17.4 Å². The van der Waals surface area contributed by atoms with Gasteiger partial charge in [-0.25, -0.2) is 19.3 Å². The highest BCUT2D eigenvalue weighted by molar-refractivity contribution is 6.74. The van der Waals surface area contributed by atoms with Crippen LogP contribution < -0.4 is 15.4 Å². The number of benzene rings is 1. The van der Waals surface area contributed by atoms with E-state index in [1.165, 1.54) is 7.11 Å². The van der Waals surface area contributed by atoms with Crippen molar-refractivity contribution < 1.29 is 13.6 Å². The maximum Gasteiger partial charge on any atom is 0.237 e. The van der Waals surface area contributed by atoms with Crippen molar-refractivity contribution in [2.75, 3.05) is 30.9 Å². The minimum absolute atomic E-state index is 0.0718. The molecule has 2 N–H and O–H groups in total. The summed E-state index contributed by atoms with van der Waals surface area (Å²) in [5.41, 5.74) is 2.87. The molecule has 0 saturated heterocycles. The van der Waals surface area contributed by atoms with Crippen molar-refractivity contribution in [1.29, 1.82) is 5.26 Å². The molecule has 0 aliphatic carbocycles. The maximum atomic E-state index is 15.0. The third-order valence-electron chi connectivity index (χ3n) is 7.35. The number of pyridine rings is 1. The van der Waals surface area contributed by atoms with Crippen molar-refractivity contribution in [2.24, 2.45) is 0 Å². The predicted octanol–water partition coefficient (Wildman–Crippen LogP) is 6.01. The Morgan fingerprint density at radius 2 is 2.03 bits per heavy atom. The number of halogens is 1.